The zero-order chi connectivity index (χ0) is 11.7. The van der Waals surface area contributed by atoms with Gasteiger partial charge in [-0.05, 0) is 13.8 Å². The first kappa shape index (κ1) is 14.8. The summed E-state index contributed by atoms with van der Waals surface area (Å²) in [6.07, 6.45) is 0.494. The van der Waals surface area contributed by atoms with Gasteiger partial charge >= 0.3 is 0 Å². The highest BCUT2D eigenvalue weighted by atomic mass is 35.5. The van der Waals surface area contributed by atoms with E-state index in [9.17, 15) is 4.79 Å². The molecule has 0 radical (unpaired) electrons. The molecule has 3 nitrogen and oxygen atoms in total. The first-order valence-corrected chi connectivity index (χ1v) is 5.90. The molecular weight excluding hydrogens is 235 g/mol. The van der Waals surface area contributed by atoms with Crippen molar-refractivity contribution in [1.29, 1.82) is 0 Å². The minimum atomic E-state index is 0.165. The van der Waals surface area contributed by atoms with Crippen molar-refractivity contribution in [3.05, 3.63) is 10.6 Å². The monoisotopic (exact) mass is 252 g/mol. The maximum Gasteiger partial charge on any atom is 0.223 e. The summed E-state index contributed by atoms with van der Waals surface area (Å²) in [6, 6.07) is 0. The molecule has 0 spiro atoms. The van der Waals surface area contributed by atoms with Gasteiger partial charge in [0, 0.05) is 43.2 Å². The van der Waals surface area contributed by atoms with Crippen molar-refractivity contribution in [2.75, 3.05) is 26.2 Å². The van der Waals surface area contributed by atoms with Crippen LogP contribution in [0.4, 0.5) is 0 Å². The average molecular weight is 253 g/mol. The number of rotatable bonds is 7. The number of carbonyl (C=O) groups is 1. The van der Waals surface area contributed by atoms with Gasteiger partial charge in [-0.15, -0.1) is 0 Å². The van der Waals surface area contributed by atoms with Crippen molar-refractivity contribution in [2.45, 2.75) is 20.3 Å². The van der Waals surface area contributed by atoms with Crippen molar-refractivity contribution >= 4 is 29.1 Å². The number of halogens is 2. The Labute approximate surface area is 101 Å². The topological polar surface area (TPSA) is 32.3 Å². The fraction of sp³-hybridized carbons (Fsp3) is 0.700. The SMILES string of the molecule is CCN(CC)C(=O)CCNCC(Cl)=CCl. The molecule has 0 aromatic rings. The molecule has 0 bridgehead atoms. The lowest BCUT2D eigenvalue weighted by molar-refractivity contribution is -0.130. The molecular formula is C10H18Cl2N2O. The molecule has 0 saturated carbocycles. The third-order valence-electron chi connectivity index (χ3n) is 2.04. The number of nitrogens with zero attached hydrogens (tertiary/aromatic N) is 1. The molecule has 0 atom stereocenters. The molecule has 1 N–H and O–H groups in total. The van der Waals surface area contributed by atoms with E-state index in [0.717, 1.165) is 13.1 Å². The van der Waals surface area contributed by atoms with E-state index in [0.29, 0.717) is 24.5 Å². The van der Waals surface area contributed by atoms with E-state index in [1.165, 1.54) is 5.54 Å². The van der Waals surface area contributed by atoms with Crippen LogP contribution >= 0.6 is 23.2 Å². The fourth-order valence-electron chi connectivity index (χ4n) is 1.18. The smallest absolute Gasteiger partial charge is 0.223 e. The molecule has 0 heterocycles. The quantitative estimate of drug-likeness (QED) is 0.705. The summed E-state index contributed by atoms with van der Waals surface area (Å²) in [7, 11) is 0. The van der Waals surface area contributed by atoms with E-state index in [2.05, 4.69) is 5.32 Å². The van der Waals surface area contributed by atoms with Gasteiger partial charge in [-0.3, -0.25) is 4.79 Å². The highest BCUT2D eigenvalue weighted by Gasteiger charge is 2.07. The lowest BCUT2D eigenvalue weighted by Gasteiger charge is -2.18. The lowest BCUT2D eigenvalue weighted by Crippen LogP contribution is -2.33. The Kier molecular flexibility index (Phi) is 8.86. The number of hydrogen-bond donors (Lipinski definition) is 1. The maximum absolute atomic E-state index is 11.5. The molecule has 0 aromatic heterocycles. The van der Waals surface area contributed by atoms with Crippen LogP contribution in [0.25, 0.3) is 0 Å². The molecule has 0 saturated heterocycles. The van der Waals surface area contributed by atoms with Crippen LogP contribution in [0.3, 0.4) is 0 Å². The van der Waals surface area contributed by atoms with E-state index in [-0.39, 0.29) is 5.91 Å². The predicted molar refractivity (Wildman–Crippen MR) is 65.2 cm³/mol. The van der Waals surface area contributed by atoms with E-state index in [4.69, 9.17) is 23.2 Å². The normalized spacial score (nSPS) is 11.6. The Balaban J connectivity index is 3.63. The highest BCUT2D eigenvalue weighted by Crippen LogP contribution is 2.00. The summed E-state index contributed by atoms with van der Waals surface area (Å²) >= 11 is 11.0. The van der Waals surface area contributed by atoms with Crippen LogP contribution in [0.1, 0.15) is 20.3 Å². The molecule has 0 rings (SSSR count). The van der Waals surface area contributed by atoms with E-state index in [1.807, 2.05) is 13.8 Å². The molecule has 0 aromatic carbocycles. The number of carbonyl (C=O) groups excluding carboxylic acids is 1. The molecule has 0 unspecified atom stereocenters. The number of nitrogens with one attached hydrogen (secondary N) is 1. The van der Waals surface area contributed by atoms with Crippen molar-refractivity contribution < 1.29 is 4.79 Å². The first-order valence-electron chi connectivity index (χ1n) is 5.08. The largest absolute Gasteiger partial charge is 0.343 e. The second-order valence-corrected chi connectivity index (χ2v) is 3.75. The van der Waals surface area contributed by atoms with Crippen LogP contribution in [0, 0.1) is 0 Å². The van der Waals surface area contributed by atoms with Crippen LogP contribution in [0.5, 0.6) is 0 Å². The molecule has 88 valence electrons. The van der Waals surface area contributed by atoms with Gasteiger partial charge in [-0.25, -0.2) is 0 Å². The fourth-order valence-corrected chi connectivity index (χ4v) is 1.35. The van der Waals surface area contributed by atoms with Gasteiger partial charge in [0.1, 0.15) is 0 Å². The second kappa shape index (κ2) is 9.01. The molecule has 0 aliphatic rings. The third-order valence-corrected chi connectivity index (χ3v) is 2.66. The van der Waals surface area contributed by atoms with E-state index in [1.54, 1.807) is 4.90 Å². The van der Waals surface area contributed by atoms with Crippen molar-refractivity contribution in [3.8, 4) is 0 Å². The van der Waals surface area contributed by atoms with Gasteiger partial charge in [-0.2, -0.15) is 0 Å². The Morgan fingerprint density at radius 1 is 1.40 bits per heavy atom. The van der Waals surface area contributed by atoms with Gasteiger partial charge in [0.05, 0.1) is 0 Å². The van der Waals surface area contributed by atoms with Crippen molar-refractivity contribution in [3.63, 3.8) is 0 Å². The molecule has 0 aliphatic heterocycles. The lowest BCUT2D eigenvalue weighted by atomic mass is 10.3. The predicted octanol–water partition coefficient (Wildman–Crippen LogP) is 2.15. The highest BCUT2D eigenvalue weighted by molar-refractivity contribution is 6.36. The van der Waals surface area contributed by atoms with Gasteiger partial charge in [0.2, 0.25) is 5.91 Å². The molecule has 1 amide bonds. The minimum Gasteiger partial charge on any atom is -0.343 e. The third kappa shape index (κ3) is 6.77. The molecule has 5 heteroatoms. The standard InChI is InChI=1S/C10H18Cl2N2O/c1-3-14(4-2)10(15)5-6-13-8-9(12)7-11/h7,13H,3-6,8H2,1-2H3. The van der Waals surface area contributed by atoms with Crippen molar-refractivity contribution in [1.82, 2.24) is 10.2 Å². The van der Waals surface area contributed by atoms with Crippen molar-refractivity contribution in [2.24, 2.45) is 0 Å². The van der Waals surface area contributed by atoms with Gasteiger partial charge in [0.25, 0.3) is 0 Å². The summed E-state index contributed by atoms with van der Waals surface area (Å²) in [5, 5.41) is 3.59. The van der Waals surface area contributed by atoms with Crippen LogP contribution in [-0.4, -0.2) is 37.0 Å². The van der Waals surface area contributed by atoms with Gasteiger partial charge < -0.3 is 10.2 Å². The van der Waals surface area contributed by atoms with Crippen LogP contribution in [0.15, 0.2) is 10.6 Å². The van der Waals surface area contributed by atoms with Crippen LogP contribution < -0.4 is 5.32 Å². The summed E-state index contributed by atoms with van der Waals surface area (Å²) in [4.78, 5) is 13.3. The molecule has 15 heavy (non-hydrogen) atoms. The Morgan fingerprint density at radius 2 is 2.00 bits per heavy atom. The van der Waals surface area contributed by atoms with Gasteiger partial charge in [-0.1, -0.05) is 23.2 Å². The Hall–Kier alpha value is -0.250. The maximum atomic E-state index is 11.5. The van der Waals surface area contributed by atoms with Crippen LogP contribution in [-0.2, 0) is 4.79 Å². The second-order valence-electron chi connectivity index (χ2n) is 3.05. The van der Waals surface area contributed by atoms with E-state index < -0.39 is 0 Å². The zero-order valence-corrected chi connectivity index (χ0v) is 10.7. The number of amides is 1. The molecule has 0 fully saturated rings. The van der Waals surface area contributed by atoms with Gasteiger partial charge in [0.15, 0.2) is 0 Å². The molecule has 0 aliphatic carbocycles. The average Bonchev–Trinajstić information content (AvgIpc) is 2.25. The Bertz CT molecular complexity index is 215. The summed E-state index contributed by atoms with van der Waals surface area (Å²) in [5.74, 6) is 0.165. The summed E-state index contributed by atoms with van der Waals surface area (Å²) in [6.45, 7) is 6.60. The number of hydrogen-bond acceptors (Lipinski definition) is 2. The zero-order valence-electron chi connectivity index (χ0n) is 9.22. The van der Waals surface area contributed by atoms with Crippen LogP contribution in [0.2, 0.25) is 0 Å². The Morgan fingerprint density at radius 3 is 2.47 bits per heavy atom. The summed E-state index contributed by atoms with van der Waals surface area (Å²) in [5.41, 5.74) is 1.32. The van der Waals surface area contributed by atoms with E-state index >= 15 is 0 Å². The summed E-state index contributed by atoms with van der Waals surface area (Å²) < 4.78 is 0. The minimum absolute atomic E-state index is 0.165. The first-order chi connectivity index (χ1) is 7.15.